The van der Waals surface area contributed by atoms with Gasteiger partial charge in [0, 0.05) is 39.6 Å². The molecule has 0 unspecified atom stereocenters. The van der Waals surface area contributed by atoms with Crippen LogP contribution in [0.1, 0.15) is 30.7 Å². The number of hydrogen-bond donors (Lipinski definition) is 2. The SMILES string of the molecule is CN=C(NCCCn1nc2n(c1=O)CCCC2)NCc1ccccc1.I. The summed E-state index contributed by atoms with van der Waals surface area (Å²) >= 11 is 0. The maximum absolute atomic E-state index is 12.3. The minimum Gasteiger partial charge on any atom is -0.356 e. The Bertz CT molecular complexity index is 768. The average molecular weight is 470 g/mol. The van der Waals surface area contributed by atoms with E-state index in [0.717, 1.165) is 57.1 Å². The Kier molecular flexibility index (Phi) is 8.14. The Morgan fingerprint density at radius 1 is 1.23 bits per heavy atom. The summed E-state index contributed by atoms with van der Waals surface area (Å²) in [6, 6.07) is 10.2. The van der Waals surface area contributed by atoms with Crippen LogP contribution in [0.15, 0.2) is 40.1 Å². The molecular weight excluding hydrogens is 443 g/mol. The molecule has 1 aliphatic rings. The largest absolute Gasteiger partial charge is 0.356 e. The van der Waals surface area contributed by atoms with Gasteiger partial charge in [0.05, 0.1) is 0 Å². The summed E-state index contributed by atoms with van der Waals surface area (Å²) in [5.41, 5.74) is 1.24. The summed E-state index contributed by atoms with van der Waals surface area (Å²) in [6.45, 7) is 2.90. The van der Waals surface area contributed by atoms with Gasteiger partial charge in [0.25, 0.3) is 0 Å². The van der Waals surface area contributed by atoms with Crippen LogP contribution in [0.25, 0.3) is 0 Å². The van der Waals surface area contributed by atoms with E-state index in [4.69, 9.17) is 0 Å². The van der Waals surface area contributed by atoms with Gasteiger partial charge in [-0.05, 0) is 24.8 Å². The van der Waals surface area contributed by atoms with Crippen molar-refractivity contribution in [1.29, 1.82) is 0 Å². The predicted molar refractivity (Wildman–Crippen MR) is 114 cm³/mol. The van der Waals surface area contributed by atoms with Crippen LogP contribution in [0.4, 0.5) is 0 Å². The minimum absolute atomic E-state index is 0. The van der Waals surface area contributed by atoms with E-state index in [1.54, 1.807) is 11.7 Å². The highest BCUT2D eigenvalue weighted by Gasteiger charge is 2.16. The van der Waals surface area contributed by atoms with Gasteiger partial charge >= 0.3 is 5.69 Å². The Morgan fingerprint density at radius 3 is 2.77 bits per heavy atom. The molecule has 0 atom stereocenters. The number of guanidine groups is 1. The van der Waals surface area contributed by atoms with Crippen LogP contribution in [-0.4, -0.2) is 33.9 Å². The number of aryl methyl sites for hydroxylation is 2. The third-order valence-electron chi connectivity index (χ3n) is 4.40. The fourth-order valence-electron chi connectivity index (χ4n) is 3.03. The molecule has 1 aromatic carbocycles. The number of nitrogens with zero attached hydrogens (tertiary/aromatic N) is 4. The molecular formula is C18H27IN6O. The van der Waals surface area contributed by atoms with Gasteiger partial charge in [-0.3, -0.25) is 9.56 Å². The summed E-state index contributed by atoms with van der Waals surface area (Å²) in [5, 5.41) is 11.0. The van der Waals surface area contributed by atoms with Crippen LogP contribution < -0.4 is 16.3 Å². The fraction of sp³-hybridized carbons (Fsp3) is 0.500. The van der Waals surface area contributed by atoms with Crippen LogP contribution in [-0.2, 0) is 26.1 Å². The lowest BCUT2D eigenvalue weighted by atomic mass is 10.2. The highest BCUT2D eigenvalue weighted by molar-refractivity contribution is 14.0. The zero-order valence-corrected chi connectivity index (χ0v) is 17.5. The topological polar surface area (TPSA) is 76.2 Å². The Morgan fingerprint density at radius 2 is 2.04 bits per heavy atom. The van der Waals surface area contributed by atoms with E-state index in [1.165, 1.54) is 5.56 Å². The van der Waals surface area contributed by atoms with E-state index in [0.29, 0.717) is 6.54 Å². The van der Waals surface area contributed by atoms with Crippen molar-refractivity contribution in [1.82, 2.24) is 25.0 Å². The van der Waals surface area contributed by atoms with E-state index in [-0.39, 0.29) is 29.7 Å². The first-order valence-corrected chi connectivity index (χ1v) is 8.93. The van der Waals surface area contributed by atoms with Crippen LogP contribution >= 0.6 is 24.0 Å². The molecule has 0 saturated carbocycles. The van der Waals surface area contributed by atoms with Gasteiger partial charge in [-0.1, -0.05) is 30.3 Å². The molecule has 2 N–H and O–H groups in total. The van der Waals surface area contributed by atoms with Crippen molar-refractivity contribution in [3.05, 3.63) is 52.2 Å². The molecule has 26 heavy (non-hydrogen) atoms. The molecule has 0 radical (unpaired) electrons. The van der Waals surface area contributed by atoms with E-state index in [9.17, 15) is 4.79 Å². The monoisotopic (exact) mass is 470 g/mol. The zero-order valence-electron chi connectivity index (χ0n) is 15.1. The van der Waals surface area contributed by atoms with Crippen molar-refractivity contribution in [3.63, 3.8) is 0 Å². The van der Waals surface area contributed by atoms with Gasteiger partial charge in [0.1, 0.15) is 5.82 Å². The number of aliphatic imine (C=N–C) groups is 1. The number of rotatable bonds is 6. The van der Waals surface area contributed by atoms with E-state index < -0.39 is 0 Å². The Balaban J connectivity index is 0.00000243. The number of benzene rings is 1. The third-order valence-corrected chi connectivity index (χ3v) is 4.40. The molecule has 0 amide bonds. The van der Waals surface area contributed by atoms with Crippen LogP contribution in [0, 0.1) is 0 Å². The molecule has 1 aromatic heterocycles. The van der Waals surface area contributed by atoms with Crippen molar-refractivity contribution in [2.45, 2.75) is 45.3 Å². The number of halogens is 1. The molecule has 2 heterocycles. The molecule has 3 rings (SSSR count). The number of fused-ring (bicyclic) bond motifs is 1. The quantitative estimate of drug-likeness (QED) is 0.292. The number of hydrogen-bond acceptors (Lipinski definition) is 3. The lowest BCUT2D eigenvalue weighted by molar-refractivity contribution is 0.509. The molecule has 0 aliphatic carbocycles. The second-order valence-electron chi connectivity index (χ2n) is 6.22. The van der Waals surface area contributed by atoms with Crippen LogP contribution in [0.3, 0.4) is 0 Å². The van der Waals surface area contributed by atoms with E-state index in [2.05, 4.69) is 32.9 Å². The van der Waals surface area contributed by atoms with E-state index >= 15 is 0 Å². The Hall–Kier alpha value is -1.84. The molecule has 1 aliphatic heterocycles. The summed E-state index contributed by atoms with van der Waals surface area (Å²) in [7, 11) is 1.76. The van der Waals surface area contributed by atoms with Crippen LogP contribution in [0.5, 0.6) is 0 Å². The first-order valence-electron chi connectivity index (χ1n) is 8.93. The first kappa shape index (κ1) is 20.5. The molecule has 7 nitrogen and oxygen atoms in total. The summed E-state index contributed by atoms with van der Waals surface area (Å²) < 4.78 is 3.42. The highest BCUT2D eigenvalue weighted by atomic mass is 127. The first-order chi connectivity index (χ1) is 12.3. The summed E-state index contributed by atoms with van der Waals surface area (Å²) in [6.07, 6.45) is 3.93. The normalized spacial score (nSPS) is 13.7. The lowest BCUT2D eigenvalue weighted by Gasteiger charge is -2.11. The molecule has 142 valence electrons. The molecule has 0 saturated heterocycles. The maximum Gasteiger partial charge on any atom is 0.345 e. The molecule has 2 aromatic rings. The smallest absolute Gasteiger partial charge is 0.345 e. The number of nitrogens with one attached hydrogen (secondary N) is 2. The third kappa shape index (κ3) is 5.33. The standard InChI is InChI=1S/C18H26N6O.HI/c1-19-17(21-14-15-8-3-2-4-9-15)20-11-7-13-24-18(25)23-12-6-5-10-16(23)22-24;/h2-4,8-9H,5-7,10-14H2,1H3,(H2,19,20,21);1H. The lowest BCUT2D eigenvalue weighted by Crippen LogP contribution is -2.37. The van der Waals surface area contributed by atoms with Gasteiger partial charge in [-0.2, -0.15) is 5.10 Å². The second-order valence-corrected chi connectivity index (χ2v) is 6.22. The number of aromatic nitrogens is 3. The van der Waals surface area contributed by atoms with Crippen molar-refractivity contribution >= 4 is 29.9 Å². The van der Waals surface area contributed by atoms with Crippen molar-refractivity contribution in [2.24, 2.45) is 4.99 Å². The summed E-state index contributed by atoms with van der Waals surface area (Å²) in [4.78, 5) is 16.5. The maximum atomic E-state index is 12.3. The molecule has 8 heteroatoms. The summed E-state index contributed by atoms with van der Waals surface area (Å²) in [5.74, 6) is 1.70. The second kappa shape index (κ2) is 10.3. The van der Waals surface area contributed by atoms with Crippen molar-refractivity contribution < 1.29 is 0 Å². The Labute approximate surface area is 170 Å². The average Bonchev–Trinajstić information content (AvgIpc) is 2.98. The highest BCUT2D eigenvalue weighted by Crippen LogP contribution is 2.09. The van der Waals surface area contributed by atoms with Gasteiger partial charge in [-0.25, -0.2) is 9.48 Å². The van der Waals surface area contributed by atoms with Crippen LogP contribution in [0.2, 0.25) is 0 Å². The van der Waals surface area contributed by atoms with Gasteiger partial charge in [-0.15, -0.1) is 24.0 Å². The minimum atomic E-state index is 0. The predicted octanol–water partition coefficient (Wildman–Crippen LogP) is 1.75. The molecule has 0 bridgehead atoms. The van der Waals surface area contributed by atoms with Gasteiger partial charge in [0.15, 0.2) is 5.96 Å². The fourth-order valence-corrected chi connectivity index (χ4v) is 3.03. The van der Waals surface area contributed by atoms with Gasteiger partial charge in [0.2, 0.25) is 0 Å². The molecule has 0 spiro atoms. The molecule has 0 fully saturated rings. The van der Waals surface area contributed by atoms with Gasteiger partial charge < -0.3 is 10.6 Å². The van der Waals surface area contributed by atoms with E-state index in [1.807, 2.05) is 22.8 Å². The zero-order chi connectivity index (χ0) is 17.5. The van der Waals surface area contributed by atoms with Crippen molar-refractivity contribution in [3.8, 4) is 0 Å². The van der Waals surface area contributed by atoms with Crippen molar-refractivity contribution in [2.75, 3.05) is 13.6 Å².